The average Bonchev–Trinajstić information content (AvgIpc) is 3.40. The van der Waals surface area contributed by atoms with Crippen molar-refractivity contribution in [2.75, 3.05) is 47.5 Å². The largest absolute Gasteiger partial charge is 0.477 e. The number of nitrogens with zero attached hydrogens (tertiary/aromatic N) is 1. The lowest BCUT2D eigenvalue weighted by Crippen LogP contribution is -2.40. The number of carboxylic acid groups (broad SMARTS) is 1. The molecule has 0 saturated heterocycles. The Morgan fingerprint density at radius 1 is 0.390 bits per heavy atom. The van der Waals surface area contributed by atoms with Gasteiger partial charge < -0.3 is 28.5 Å². The standard InChI is InChI=1S/C68H103NO8/c1-6-8-10-12-14-16-18-20-22-24-25-26-27-28-29-30-31-32-33-34-35-36-37-38-39-40-41-43-45-47-49-51-53-55-57-59-66(71)77-64(63-76-68(67(72)73)74-61-60-69(3,4)5)62-75-65(70)58-56-54-52-50-48-46-44-42-23-21-19-17-15-13-11-9-7-2/h8-11,14-17,20-23,25-26,28-29,31-32,34-35,37-38,40-41,44-47,50,52,64,68H,6-7,12-13,18-19,24,27,30,33,36,39,42-43,48-49,51,53-63H2,1-5H3/p+1/b10-8-,11-9-,16-14-,17-15-,22-20-,23-21-,26-25-,29-28-,32-31-,35-34-,38-37-,41-40-,46-44-,47-45-,52-50-. The second-order valence-electron chi connectivity index (χ2n) is 19.5. The Kier molecular flexibility index (Phi) is 52.5. The molecule has 0 aromatic carbocycles. The van der Waals surface area contributed by atoms with Crippen LogP contribution < -0.4 is 0 Å². The first-order chi connectivity index (χ1) is 37.6. The first-order valence-corrected chi connectivity index (χ1v) is 28.9. The number of hydrogen-bond donors (Lipinski definition) is 1. The molecule has 0 amide bonds. The van der Waals surface area contributed by atoms with Gasteiger partial charge in [0.05, 0.1) is 34.4 Å². The van der Waals surface area contributed by atoms with E-state index in [1.54, 1.807) is 0 Å². The Morgan fingerprint density at radius 3 is 1.06 bits per heavy atom. The fourth-order valence-electron chi connectivity index (χ4n) is 6.78. The minimum Gasteiger partial charge on any atom is -0.477 e. The lowest BCUT2D eigenvalue weighted by molar-refractivity contribution is -0.870. The predicted molar refractivity (Wildman–Crippen MR) is 326 cm³/mol. The normalized spacial score (nSPS) is 14.1. The molecule has 0 heterocycles. The van der Waals surface area contributed by atoms with E-state index in [2.05, 4.69) is 196 Å². The van der Waals surface area contributed by atoms with Crippen LogP contribution in [0.2, 0.25) is 0 Å². The molecule has 0 radical (unpaired) electrons. The first kappa shape index (κ1) is 71.4. The van der Waals surface area contributed by atoms with Crippen molar-refractivity contribution in [3.63, 3.8) is 0 Å². The molecule has 9 heteroatoms. The number of unbranched alkanes of at least 4 members (excludes halogenated alkanes) is 5. The zero-order valence-electron chi connectivity index (χ0n) is 48.5. The number of aliphatic carboxylic acids is 1. The van der Waals surface area contributed by atoms with Crippen molar-refractivity contribution in [1.82, 2.24) is 0 Å². The Morgan fingerprint density at radius 2 is 0.714 bits per heavy atom. The minimum absolute atomic E-state index is 0.162. The van der Waals surface area contributed by atoms with Crippen LogP contribution in [0.15, 0.2) is 182 Å². The van der Waals surface area contributed by atoms with Gasteiger partial charge in [0, 0.05) is 12.8 Å². The predicted octanol–water partition coefficient (Wildman–Crippen LogP) is 17.3. The van der Waals surface area contributed by atoms with E-state index in [4.69, 9.17) is 18.9 Å². The number of ether oxygens (including phenoxy) is 4. The Bertz CT molecular complexity index is 1910. The van der Waals surface area contributed by atoms with Gasteiger partial charge in [-0.1, -0.05) is 209 Å². The molecule has 0 aliphatic rings. The average molecular weight is 1060 g/mol. The summed E-state index contributed by atoms with van der Waals surface area (Å²) in [4.78, 5) is 37.4. The number of likely N-dealkylation sites (N-methyl/N-ethyl adjacent to an activating group) is 1. The topological polar surface area (TPSA) is 108 Å². The molecule has 9 nitrogen and oxygen atoms in total. The molecule has 0 fully saturated rings. The maximum Gasteiger partial charge on any atom is 0.361 e. The smallest absolute Gasteiger partial charge is 0.361 e. The van der Waals surface area contributed by atoms with Crippen LogP contribution in [0.4, 0.5) is 0 Å². The molecule has 0 rings (SSSR count). The Labute approximate surface area is 469 Å². The molecule has 2 atom stereocenters. The molecule has 0 aromatic rings. The third kappa shape index (κ3) is 57.9. The summed E-state index contributed by atoms with van der Waals surface area (Å²) in [6.07, 6.45) is 84.1. The third-order valence-corrected chi connectivity index (χ3v) is 11.2. The molecule has 77 heavy (non-hydrogen) atoms. The number of carbonyl (C=O) groups excluding carboxylic acids is 2. The van der Waals surface area contributed by atoms with Crippen LogP contribution in [0.5, 0.6) is 0 Å². The quantitative estimate of drug-likeness (QED) is 0.0211. The van der Waals surface area contributed by atoms with Crippen molar-refractivity contribution in [1.29, 1.82) is 0 Å². The summed E-state index contributed by atoms with van der Waals surface area (Å²) in [5, 5.41) is 9.69. The van der Waals surface area contributed by atoms with Gasteiger partial charge in [-0.05, 0) is 128 Å². The number of esters is 2. The van der Waals surface area contributed by atoms with E-state index in [1.807, 2.05) is 21.1 Å². The number of carboxylic acids is 1. The molecule has 0 aliphatic carbocycles. The summed E-state index contributed by atoms with van der Waals surface area (Å²) < 4.78 is 22.7. The highest BCUT2D eigenvalue weighted by molar-refractivity contribution is 5.71. The number of rotatable bonds is 50. The van der Waals surface area contributed by atoms with Gasteiger partial charge in [-0.3, -0.25) is 9.59 Å². The highest BCUT2D eigenvalue weighted by Crippen LogP contribution is 2.11. The molecule has 428 valence electrons. The summed E-state index contributed by atoms with van der Waals surface area (Å²) in [5.41, 5.74) is 0. The van der Waals surface area contributed by atoms with Gasteiger partial charge in [0.25, 0.3) is 6.29 Å². The lowest BCUT2D eigenvalue weighted by Gasteiger charge is -2.25. The summed E-state index contributed by atoms with van der Waals surface area (Å²) in [7, 11) is 5.92. The maximum atomic E-state index is 12.9. The number of hydrogen-bond acceptors (Lipinski definition) is 7. The molecule has 0 aromatic heterocycles. The molecule has 2 unspecified atom stereocenters. The molecular formula is C68H104NO8+. The second-order valence-corrected chi connectivity index (χ2v) is 19.5. The van der Waals surface area contributed by atoms with Gasteiger partial charge in [-0.2, -0.15) is 0 Å². The number of quaternary nitrogens is 1. The Balaban J connectivity index is 4.39. The van der Waals surface area contributed by atoms with Crippen molar-refractivity contribution < 1.29 is 42.9 Å². The van der Waals surface area contributed by atoms with Crippen LogP contribution in [-0.4, -0.2) is 87.4 Å². The fraction of sp³-hybridized carbons (Fsp3) is 0.515. The molecule has 0 spiro atoms. The molecule has 1 N–H and O–H groups in total. The molecular weight excluding hydrogens is 959 g/mol. The van der Waals surface area contributed by atoms with E-state index in [-0.39, 0.29) is 32.7 Å². The maximum absolute atomic E-state index is 12.9. The van der Waals surface area contributed by atoms with Gasteiger partial charge in [-0.15, -0.1) is 0 Å². The van der Waals surface area contributed by atoms with Gasteiger partial charge >= 0.3 is 17.9 Å². The van der Waals surface area contributed by atoms with Gasteiger partial charge in [-0.25, -0.2) is 4.79 Å². The SMILES string of the molecule is CC/C=C\C/C=C\C/C=C\C/C=C\C/C=C\C/C=C\C/C=C\C/C=C\C/C=C\C/C=C\CCCCCCC(=O)OC(COC(=O)CCC/C=C\C/C=C\C/C=C\C/C=C\C/C=C\CC)COC(OCC[N+](C)(C)C)C(=O)O. The van der Waals surface area contributed by atoms with Crippen molar-refractivity contribution >= 4 is 17.9 Å². The van der Waals surface area contributed by atoms with Gasteiger partial charge in [0.1, 0.15) is 13.2 Å². The highest BCUT2D eigenvalue weighted by atomic mass is 16.7. The van der Waals surface area contributed by atoms with Crippen LogP contribution in [0.25, 0.3) is 0 Å². The summed E-state index contributed by atoms with van der Waals surface area (Å²) >= 11 is 0. The summed E-state index contributed by atoms with van der Waals surface area (Å²) in [6, 6.07) is 0. The first-order valence-electron chi connectivity index (χ1n) is 28.9. The van der Waals surface area contributed by atoms with Crippen molar-refractivity contribution in [3.05, 3.63) is 182 Å². The number of carbonyl (C=O) groups is 3. The monoisotopic (exact) mass is 1060 g/mol. The highest BCUT2D eigenvalue weighted by Gasteiger charge is 2.25. The minimum atomic E-state index is -1.54. The van der Waals surface area contributed by atoms with E-state index in [0.717, 1.165) is 128 Å². The zero-order valence-corrected chi connectivity index (χ0v) is 48.5. The van der Waals surface area contributed by atoms with Crippen molar-refractivity contribution in [3.8, 4) is 0 Å². The lowest BCUT2D eigenvalue weighted by atomic mass is 10.1. The molecule has 0 saturated carbocycles. The molecule has 0 bridgehead atoms. The van der Waals surface area contributed by atoms with E-state index in [0.29, 0.717) is 23.9 Å². The third-order valence-electron chi connectivity index (χ3n) is 11.2. The van der Waals surface area contributed by atoms with Crippen LogP contribution in [0.1, 0.15) is 168 Å². The van der Waals surface area contributed by atoms with Gasteiger partial charge in [0.2, 0.25) is 0 Å². The van der Waals surface area contributed by atoms with Crippen molar-refractivity contribution in [2.24, 2.45) is 0 Å². The van der Waals surface area contributed by atoms with Crippen LogP contribution >= 0.6 is 0 Å². The second kappa shape index (κ2) is 56.6. The van der Waals surface area contributed by atoms with E-state index < -0.39 is 30.3 Å². The number of allylic oxidation sites excluding steroid dienone is 30. The summed E-state index contributed by atoms with van der Waals surface area (Å²) in [5.74, 6) is -2.15. The van der Waals surface area contributed by atoms with Crippen LogP contribution in [-0.2, 0) is 33.3 Å². The van der Waals surface area contributed by atoms with Crippen LogP contribution in [0.3, 0.4) is 0 Å². The van der Waals surface area contributed by atoms with E-state index in [9.17, 15) is 19.5 Å². The fourth-order valence-corrected chi connectivity index (χ4v) is 6.78. The zero-order chi connectivity index (χ0) is 56.2. The van der Waals surface area contributed by atoms with E-state index >= 15 is 0 Å². The van der Waals surface area contributed by atoms with Gasteiger partial charge in [0.15, 0.2) is 6.10 Å². The van der Waals surface area contributed by atoms with Crippen LogP contribution in [0, 0.1) is 0 Å². The Hall–Kier alpha value is -5.61. The summed E-state index contributed by atoms with van der Waals surface area (Å²) in [6.45, 7) is 4.50. The van der Waals surface area contributed by atoms with E-state index in [1.165, 1.54) is 0 Å². The van der Waals surface area contributed by atoms with Crippen molar-refractivity contribution in [2.45, 2.75) is 180 Å². The molecule has 0 aliphatic heterocycles.